The summed E-state index contributed by atoms with van der Waals surface area (Å²) in [5.41, 5.74) is 2.77. The molecule has 1 amide bonds. The van der Waals surface area contributed by atoms with Crippen LogP contribution in [-0.4, -0.2) is 16.1 Å². The minimum atomic E-state index is -0.138. The standard InChI is InChI=1S/C12H13N3O/c1-9-4-2-3-5-10(9)8-13-12(16)11-6-7-14-15-11/h2-7H,8H2,1H3,(H,13,16)(H,14,15). The largest absolute Gasteiger partial charge is 0.347 e. The van der Waals surface area contributed by atoms with Gasteiger partial charge in [0.25, 0.3) is 5.91 Å². The van der Waals surface area contributed by atoms with Crippen molar-refractivity contribution in [2.75, 3.05) is 0 Å². The van der Waals surface area contributed by atoms with Gasteiger partial charge in [-0.25, -0.2) is 0 Å². The average molecular weight is 215 g/mol. The topological polar surface area (TPSA) is 57.8 Å². The van der Waals surface area contributed by atoms with Gasteiger partial charge < -0.3 is 5.32 Å². The Morgan fingerprint density at radius 2 is 2.19 bits per heavy atom. The van der Waals surface area contributed by atoms with Crippen molar-refractivity contribution in [3.63, 3.8) is 0 Å². The molecule has 16 heavy (non-hydrogen) atoms. The third kappa shape index (κ3) is 2.28. The molecule has 0 fully saturated rings. The van der Waals surface area contributed by atoms with E-state index in [1.165, 1.54) is 5.56 Å². The fraction of sp³-hybridized carbons (Fsp3) is 0.167. The highest BCUT2D eigenvalue weighted by atomic mass is 16.1. The van der Waals surface area contributed by atoms with Gasteiger partial charge in [0.2, 0.25) is 0 Å². The molecule has 2 aromatic rings. The molecule has 4 nitrogen and oxygen atoms in total. The molecule has 2 N–H and O–H groups in total. The summed E-state index contributed by atoms with van der Waals surface area (Å²) in [7, 11) is 0. The Balaban J connectivity index is 1.98. The van der Waals surface area contributed by atoms with Gasteiger partial charge in [-0.3, -0.25) is 9.89 Å². The first-order valence-electron chi connectivity index (χ1n) is 5.09. The van der Waals surface area contributed by atoms with Gasteiger partial charge in [0.15, 0.2) is 0 Å². The van der Waals surface area contributed by atoms with Gasteiger partial charge in [0.05, 0.1) is 0 Å². The minimum Gasteiger partial charge on any atom is -0.347 e. The number of carbonyl (C=O) groups is 1. The van der Waals surface area contributed by atoms with Crippen LogP contribution in [0.3, 0.4) is 0 Å². The zero-order chi connectivity index (χ0) is 11.4. The van der Waals surface area contributed by atoms with E-state index in [9.17, 15) is 4.79 Å². The second-order valence-electron chi connectivity index (χ2n) is 3.58. The first kappa shape index (κ1) is 10.4. The van der Waals surface area contributed by atoms with E-state index in [0.29, 0.717) is 12.2 Å². The van der Waals surface area contributed by atoms with Crippen molar-refractivity contribution in [2.24, 2.45) is 0 Å². The van der Waals surface area contributed by atoms with Gasteiger partial charge in [-0.05, 0) is 24.1 Å². The third-order valence-electron chi connectivity index (χ3n) is 2.45. The smallest absolute Gasteiger partial charge is 0.269 e. The summed E-state index contributed by atoms with van der Waals surface area (Å²) in [4.78, 5) is 11.6. The van der Waals surface area contributed by atoms with Crippen LogP contribution in [0.5, 0.6) is 0 Å². The Morgan fingerprint density at radius 3 is 2.88 bits per heavy atom. The van der Waals surface area contributed by atoms with Crippen LogP contribution in [0.15, 0.2) is 36.5 Å². The van der Waals surface area contributed by atoms with Gasteiger partial charge in [-0.2, -0.15) is 5.10 Å². The molecule has 0 unspecified atom stereocenters. The Labute approximate surface area is 93.7 Å². The predicted octanol–water partition coefficient (Wildman–Crippen LogP) is 1.65. The lowest BCUT2D eigenvalue weighted by Crippen LogP contribution is -2.23. The summed E-state index contributed by atoms with van der Waals surface area (Å²) in [6.45, 7) is 2.56. The Bertz CT molecular complexity index is 477. The first-order valence-corrected chi connectivity index (χ1v) is 5.09. The molecule has 1 aromatic heterocycles. The molecule has 0 aliphatic carbocycles. The highest BCUT2D eigenvalue weighted by molar-refractivity contribution is 5.92. The number of aryl methyl sites for hydroxylation is 1. The van der Waals surface area contributed by atoms with E-state index < -0.39 is 0 Å². The van der Waals surface area contributed by atoms with E-state index in [-0.39, 0.29) is 5.91 Å². The second kappa shape index (κ2) is 4.61. The lowest BCUT2D eigenvalue weighted by atomic mass is 10.1. The number of nitrogens with zero attached hydrogens (tertiary/aromatic N) is 1. The Hall–Kier alpha value is -2.10. The zero-order valence-electron chi connectivity index (χ0n) is 9.03. The van der Waals surface area contributed by atoms with E-state index >= 15 is 0 Å². The van der Waals surface area contributed by atoms with Crippen molar-refractivity contribution in [2.45, 2.75) is 13.5 Å². The molecule has 0 radical (unpaired) electrons. The van der Waals surface area contributed by atoms with Crippen molar-refractivity contribution < 1.29 is 4.79 Å². The average Bonchev–Trinajstić information content (AvgIpc) is 2.81. The van der Waals surface area contributed by atoms with Crippen molar-refractivity contribution >= 4 is 5.91 Å². The molecule has 2 rings (SSSR count). The van der Waals surface area contributed by atoms with Gasteiger partial charge in [0, 0.05) is 12.7 Å². The molecule has 0 bridgehead atoms. The van der Waals surface area contributed by atoms with E-state index in [0.717, 1.165) is 5.56 Å². The number of amides is 1. The van der Waals surface area contributed by atoms with E-state index in [1.807, 2.05) is 31.2 Å². The number of nitrogens with one attached hydrogen (secondary N) is 2. The molecule has 1 aromatic carbocycles. The summed E-state index contributed by atoms with van der Waals surface area (Å²) in [6, 6.07) is 9.62. The number of hydrogen-bond acceptors (Lipinski definition) is 2. The minimum absolute atomic E-state index is 0.138. The van der Waals surface area contributed by atoms with Crippen molar-refractivity contribution in [3.05, 3.63) is 53.3 Å². The van der Waals surface area contributed by atoms with Crippen molar-refractivity contribution in [3.8, 4) is 0 Å². The Morgan fingerprint density at radius 1 is 1.38 bits per heavy atom. The molecule has 0 spiro atoms. The predicted molar refractivity (Wildman–Crippen MR) is 60.9 cm³/mol. The van der Waals surface area contributed by atoms with E-state index in [2.05, 4.69) is 15.5 Å². The van der Waals surface area contributed by atoms with Gasteiger partial charge in [-0.1, -0.05) is 24.3 Å². The normalized spacial score (nSPS) is 10.1. The number of aromatic amines is 1. The number of benzene rings is 1. The molecule has 0 aliphatic rings. The molecule has 82 valence electrons. The Kier molecular flexibility index (Phi) is 3.00. The molecule has 1 heterocycles. The van der Waals surface area contributed by atoms with Crippen molar-refractivity contribution in [1.29, 1.82) is 0 Å². The monoisotopic (exact) mass is 215 g/mol. The van der Waals surface area contributed by atoms with Crippen LogP contribution in [0.4, 0.5) is 0 Å². The number of hydrogen-bond donors (Lipinski definition) is 2. The van der Waals surface area contributed by atoms with E-state index in [1.54, 1.807) is 12.3 Å². The van der Waals surface area contributed by atoms with Crippen molar-refractivity contribution in [1.82, 2.24) is 15.5 Å². The number of H-pyrrole nitrogens is 1. The third-order valence-corrected chi connectivity index (χ3v) is 2.45. The molecular weight excluding hydrogens is 202 g/mol. The summed E-state index contributed by atoms with van der Waals surface area (Å²) in [5, 5.41) is 9.19. The molecule has 0 saturated carbocycles. The lowest BCUT2D eigenvalue weighted by molar-refractivity contribution is 0.0946. The highest BCUT2D eigenvalue weighted by Crippen LogP contribution is 2.06. The first-order chi connectivity index (χ1) is 7.77. The van der Waals surface area contributed by atoms with Crippen LogP contribution in [0.1, 0.15) is 21.6 Å². The molecule has 0 saturated heterocycles. The quantitative estimate of drug-likeness (QED) is 0.817. The lowest BCUT2D eigenvalue weighted by Gasteiger charge is -2.06. The maximum atomic E-state index is 11.6. The summed E-state index contributed by atoms with van der Waals surface area (Å²) >= 11 is 0. The highest BCUT2D eigenvalue weighted by Gasteiger charge is 2.06. The maximum absolute atomic E-state index is 11.6. The summed E-state index contributed by atoms with van der Waals surface area (Å²) in [5.74, 6) is -0.138. The second-order valence-corrected chi connectivity index (χ2v) is 3.58. The van der Waals surface area contributed by atoms with Gasteiger partial charge in [-0.15, -0.1) is 0 Å². The molecule has 4 heteroatoms. The molecule has 0 aliphatic heterocycles. The number of carbonyl (C=O) groups excluding carboxylic acids is 1. The zero-order valence-corrected chi connectivity index (χ0v) is 9.03. The maximum Gasteiger partial charge on any atom is 0.269 e. The van der Waals surface area contributed by atoms with Crippen LogP contribution < -0.4 is 5.32 Å². The SMILES string of the molecule is Cc1ccccc1CNC(=O)c1ccn[nH]1. The van der Waals surface area contributed by atoms with Crippen LogP contribution >= 0.6 is 0 Å². The van der Waals surface area contributed by atoms with Crippen LogP contribution in [-0.2, 0) is 6.54 Å². The van der Waals surface area contributed by atoms with E-state index in [4.69, 9.17) is 0 Å². The number of rotatable bonds is 3. The summed E-state index contributed by atoms with van der Waals surface area (Å²) < 4.78 is 0. The molecular formula is C12H13N3O. The van der Waals surface area contributed by atoms with Gasteiger partial charge in [0.1, 0.15) is 5.69 Å². The fourth-order valence-electron chi connectivity index (χ4n) is 1.46. The molecule has 0 atom stereocenters. The van der Waals surface area contributed by atoms with Crippen LogP contribution in [0, 0.1) is 6.92 Å². The number of aromatic nitrogens is 2. The van der Waals surface area contributed by atoms with Crippen LogP contribution in [0.25, 0.3) is 0 Å². The van der Waals surface area contributed by atoms with Gasteiger partial charge >= 0.3 is 0 Å². The van der Waals surface area contributed by atoms with Crippen LogP contribution in [0.2, 0.25) is 0 Å². The fourth-order valence-corrected chi connectivity index (χ4v) is 1.46. The summed E-state index contributed by atoms with van der Waals surface area (Å²) in [6.07, 6.45) is 1.56.